The van der Waals surface area contributed by atoms with Crippen molar-refractivity contribution in [2.75, 3.05) is 20.8 Å². The highest BCUT2D eigenvalue weighted by atomic mass is 16.5. The van der Waals surface area contributed by atoms with Crippen molar-refractivity contribution in [2.24, 2.45) is 0 Å². The van der Waals surface area contributed by atoms with Gasteiger partial charge in [-0.05, 0) is 35.2 Å². The van der Waals surface area contributed by atoms with Gasteiger partial charge in [0.1, 0.15) is 5.75 Å². The molecule has 1 aliphatic heterocycles. The maximum absolute atomic E-state index is 12.2. The zero-order valence-corrected chi connectivity index (χ0v) is 12.8. The van der Waals surface area contributed by atoms with Crippen LogP contribution in [0, 0.1) is 0 Å². The molecule has 1 unspecified atom stereocenters. The van der Waals surface area contributed by atoms with Crippen molar-refractivity contribution in [1.29, 1.82) is 0 Å². The van der Waals surface area contributed by atoms with E-state index in [2.05, 4.69) is 12.1 Å². The molecule has 1 heterocycles. The second-order valence-electron chi connectivity index (χ2n) is 5.29. The Kier molecular flexibility index (Phi) is 4.00. The minimum Gasteiger partial charge on any atom is -0.497 e. The smallest absolute Gasteiger partial charge is 0.410 e. The third-order valence-corrected chi connectivity index (χ3v) is 4.10. The Bertz CT molecular complexity index is 684. The van der Waals surface area contributed by atoms with Gasteiger partial charge >= 0.3 is 6.09 Å². The van der Waals surface area contributed by atoms with Crippen molar-refractivity contribution in [2.45, 2.75) is 12.5 Å². The number of fused-ring (bicyclic) bond motifs is 1. The number of amides is 1. The van der Waals surface area contributed by atoms with Crippen LogP contribution >= 0.6 is 0 Å². The first-order valence-corrected chi connectivity index (χ1v) is 7.31. The first-order chi connectivity index (χ1) is 10.7. The summed E-state index contributed by atoms with van der Waals surface area (Å²) in [7, 11) is 3.07. The lowest BCUT2D eigenvalue weighted by Gasteiger charge is -2.36. The van der Waals surface area contributed by atoms with Crippen molar-refractivity contribution < 1.29 is 14.3 Å². The van der Waals surface area contributed by atoms with Gasteiger partial charge in [0.2, 0.25) is 0 Å². The topological polar surface area (TPSA) is 38.8 Å². The Labute approximate surface area is 130 Å². The van der Waals surface area contributed by atoms with Gasteiger partial charge in [-0.2, -0.15) is 0 Å². The predicted molar refractivity (Wildman–Crippen MR) is 84.1 cm³/mol. The van der Waals surface area contributed by atoms with Gasteiger partial charge in [-0.3, -0.25) is 4.90 Å². The van der Waals surface area contributed by atoms with Crippen LogP contribution in [-0.2, 0) is 11.2 Å². The van der Waals surface area contributed by atoms with Gasteiger partial charge in [0.15, 0.2) is 0 Å². The van der Waals surface area contributed by atoms with Gasteiger partial charge in [0.25, 0.3) is 0 Å². The molecule has 114 valence electrons. The maximum Gasteiger partial charge on any atom is 0.410 e. The van der Waals surface area contributed by atoms with E-state index in [1.807, 2.05) is 36.4 Å². The maximum atomic E-state index is 12.2. The highest BCUT2D eigenvalue weighted by Crippen LogP contribution is 2.36. The van der Waals surface area contributed by atoms with Crippen LogP contribution in [0.3, 0.4) is 0 Å². The summed E-state index contributed by atoms with van der Waals surface area (Å²) in [4.78, 5) is 14.0. The quantitative estimate of drug-likeness (QED) is 0.852. The number of nitrogens with zero attached hydrogens (tertiary/aromatic N) is 1. The monoisotopic (exact) mass is 297 g/mol. The first kappa shape index (κ1) is 14.4. The Balaban J connectivity index is 2.10. The molecule has 0 saturated carbocycles. The van der Waals surface area contributed by atoms with Crippen LogP contribution in [0.4, 0.5) is 4.79 Å². The zero-order valence-electron chi connectivity index (χ0n) is 12.8. The summed E-state index contributed by atoms with van der Waals surface area (Å²) in [6.45, 7) is 0.644. The van der Waals surface area contributed by atoms with Gasteiger partial charge in [0.05, 0.1) is 20.3 Å². The second kappa shape index (κ2) is 6.10. The Hall–Kier alpha value is -2.49. The average Bonchev–Trinajstić information content (AvgIpc) is 2.60. The number of hydrogen-bond acceptors (Lipinski definition) is 3. The molecule has 0 fully saturated rings. The molecule has 0 bridgehead atoms. The van der Waals surface area contributed by atoms with Crippen LogP contribution in [0.5, 0.6) is 5.75 Å². The summed E-state index contributed by atoms with van der Waals surface area (Å²) in [6, 6.07) is 15.9. The largest absolute Gasteiger partial charge is 0.497 e. The fraction of sp³-hybridized carbons (Fsp3) is 0.278. The molecular weight excluding hydrogens is 278 g/mol. The Morgan fingerprint density at radius 1 is 1.14 bits per heavy atom. The minimum atomic E-state index is -0.303. The summed E-state index contributed by atoms with van der Waals surface area (Å²) >= 11 is 0. The van der Waals surface area contributed by atoms with Gasteiger partial charge in [-0.1, -0.05) is 36.4 Å². The van der Waals surface area contributed by atoms with E-state index in [-0.39, 0.29) is 12.1 Å². The molecule has 0 N–H and O–H groups in total. The lowest BCUT2D eigenvalue weighted by molar-refractivity contribution is 0.109. The highest BCUT2D eigenvalue weighted by Gasteiger charge is 2.32. The molecule has 4 heteroatoms. The standard InChI is InChI=1S/C18H19NO3/c1-21-15-8-5-7-14(12-15)17-16-9-4-3-6-13(16)10-11-19(17)18(20)22-2/h3-9,12,17H,10-11H2,1-2H3. The summed E-state index contributed by atoms with van der Waals surface area (Å²) in [5, 5.41) is 0. The number of carbonyl (C=O) groups excluding carboxylic acids is 1. The number of methoxy groups -OCH3 is 2. The van der Waals surface area contributed by atoms with Crippen molar-refractivity contribution in [1.82, 2.24) is 4.90 Å². The lowest BCUT2D eigenvalue weighted by atomic mass is 9.88. The van der Waals surface area contributed by atoms with Crippen LogP contribution in [0.15, 0.2) is 48.5 Å². The third-order valence-electron chi connectivity index (χ3n) is 4.10. The average molecular weight is 297 g/mol. The van der Waals surface area contributed by atoms with E-state index >= 15 is 0 Å². The van der Waals surface area contributed by atoms with Gasteiger partial charge in [0, 0.05) is 6.54 Å². The third kappa shape index (κ3) is 2.52. The van der Waals surface area contributed by atoms with Gasteiger partial charge < -0.3 is 9.47 Å². The molecule has 1 atom stereocenters. The number of hydrogen-bond donors (Lipinski definition) is 0. The van der Waals surface area contributed by atoms with E-state index in [1.54, 1.807) is 12.0 Å². The van der Waals surface area contributed by atoms with E-state index in [4.69, 9.17) is 9.47 Å². The molecular formula is C18H19NO3. The van der Waals surface area contributed by atoms with Crippen LogP contribution in [0.25, 0.3) is 0 Å². The van der Waals surface area contributed by atoms with Crippen molar-refractivity contribution in [3.8, 4) is 5.75 Å². The Morgan fingerprint density at radius 2 is 1.95 bits per heavy atom. The molecule has 1 amide bonds. The SMILES string of the molecule is COC(=O)N1CCc2ccccc2C1c1cccc(OC)c1. The molecule has 22 heavy (non-hydrogen) atoms. The molecule has 0 saturated heterocycles. The van der Waals surface area contributed by atoms with E-state index in [1.165, 1.54) is 12.7 Å². The normalized spacial score (nSPS) is 16.8. The first-order valence-electron chi connectivity index (χ1n) is 7.31. The number of benzene rings is 2. The summed E-state index contributed by atoms with van der Waals surface area (Å²) in [5.74, 6) is 0.783. The van der Waals surface area contributed by atoms with Crippen LogP contribution < -0.4 is 4.74 Å². The molecule has 4 nitrogen and oxygen atoms in total. The summed E-state index contributed by atoms with van der Waals surface area (Å²) in [6.07, 6.45) is 0.536. The van der Waals surface area contributed by atoms with Crippen molar-refractivity contribution in [3.05, 3.63) is 65.2 Å². The molecule has 3 rings (SSSR count). The fourth-order valence-electron chi connectivity index (χ4n) is 3.05. The fourth-order valence-corrected chi connectivity index (χ4v) is 3.05. The lowest BCUT2D eigenvalue weighted by Crippen LogP contribution is -2.40. The van der Waals surface area contributed by atoms with Crippen LogP contribution in [0.1, 0.15) is 22.7 Å². The molecule has 2 aromatic rings. The molecule has 0 radical (unpaired) electrons. The van der Waals surface area contributed by atoms with Gasteiger partial charge in [-0.15, -0.1) is 0 Å². The van der Waals surface area contributed by atoms with Crippen LogP contribution in [-0.4, -0.2) is 31.8 Å². The number of ether oxygens (including phenoxy) is 2. The molecule has 2 aromatic carbocycles. The highest BCUT2D eigenvalue weighted by molar-refractivity contribution is 5.70. The van der Waals surface area contributed by atoms with E-state index in [0.717, 1.165) is 23.3 Å². The van der Waals surface area contributed by atoms with E-state index in [9.17, 15) is 4.79 Å². The molecule has 0 aliphatic carbocycles. The Morgan fingerprint density at radius 3 is 2.73 bits per heavy atom. The zero-order chi connectivity index (χ0) is 15.5. The van der Waals surface area contributed by atoms with Crippen molar-refractivity contribution in [3.63, 3.8) is 0 Å². The molecule has 0 spiro atoms. The number of rotatable bonds is 2. The second-order valence-corrected chi connectivity index (χ2v) is 5.29. The van der Waals surface area contributed by atoms with Gasteiger partial charge in [-0.25, -0.2) is 4.79 Å². The molecule has 0 aromatic heterocycles. The summed E-state index contributed by atoms with van der Waals surface area (Å²) < 4.78 is 10.3. The van der Waals surface area contributed by atoms with E-state index in [0.29, 0.717) is 6.54 Å². The minimum absolute atomic E-state index is 0.146. The molecule has 1 aliphatic rings. The van der Waals surface area contributed by atoms with Crippen molar-refractivity contribution >= 4 is 6.09 Å². The van der Waals surface area contributed by atoms with E-state index < -0.39 is 0 Å². The number of carbonyl (C=O) groups is 1. The summed E-state index contributed by atoms with van der Waals surface area (Å²) in [5.41, 5.74) is 3.44. The predicted octanol–water partition coefficient (Wildman–Crippen LogP) is 3.41. The van der Waals surface area contributed by atoms with Crippen LogP contribution in [0.2, 0.25) is 0 Å².